The van der Waals surface area contributed by atoms with Gasteiger partial charge in [0.05, 0.1) is 18.1 Å². The van der Waals surface area contributed by atoms with Crippen LogP contribution in [0.1, 0.15) is 39.2 Å². The molecule has 3 fully saturated rings. The third-order valence-corrected chi connectivity index (χ3v) is 11.9. The highest BCUT2D eigenvalue weighted by atomic mass is 28.4. The molecule has 4 rings (SSSR count). The van der Waals surface area contributed by atoms with E-state index in [0.29, 0.717) is 18.3 Å². The van der Waals surface area contributed by atoms with Crippen molar-refractivity contribution < 1.29 is 18.8 Å². The monoisotopic (exact) mass is 415 g/mol. The van der Waals surface area contributed by atoms with E-state index >= 15 is 0 Å². The molecule has 5 nitrogen and oxygen atoms in total. The van der Waals surface area contributed by atoms with Crippen LogP contribution in [-0.2, 0) is 20.4 Å². The summed E-state index contributed by atoms with van der Waals surface area (Å²) in [6, 6.07) is 9.75. The molecular weight excluding hydrogens is 382 g/mol. The lowest BCUT2D eigenvalue weighted by atomic mass is 9.97. The number of ether oxygens (including phenoxy) is 1. The van der Waals surface area contributed by atoms with E-state index in [4.69, 9.17) is 9.16 Å². The number of imide groups is 1. The summed E-state index contributed by atoms with van der Waals surface area (Å²) in [7, 11) is -1.99. The number of hydrogen-bond acceptors (Lipinski definition) is 4. The maximum atomic E-state index is 13.5. The van der Waals surface area contributed by atoms with Gasteiger partial charge in [0.2, 0.25) is 5.91 Å². The Morgan fingerprint density at radius 2 is 1.90 bits per heavy atom. The van der Waals surface area contributed by atoms with Crippen molar-refractivity contribution in [3.63, 3.8) is 0 Å². The number of cyclic esters (lactones) is 1. The molecular formula is C23H33NO4Si. The van der Waals surface area contributed by atoms with E-state index in [9.17, 15) is 9.59 Å². The maximum absolute atomic E-state index is 13.5. The van der Waals surface area contributed by atoms with Crippen LogP contribution in [0.15, 0.2) is 30.3 Å². The Morgan fingerprint density at radius 1 is 1.21 bits per heavy atom. The van der Waals surface area contributed by atoms with Gasteiger partial charge >= 0.3 is 6.09 Å². The molecule has 29 heavy (non-hydrogen) atoms. The first-order valence-corrected chi connectivity index (χ1v) is 13.7. The lowest BCUT2D eigenvalue weighted by molar-refractivity contribution is -0.136. The average Bonchev–Trinajstić information content (AvgIpc) is 3.21. The van der Waals surface area contributed by atoms with Gasteiger partial charge in [-0.2, -0.15) is 0 Å². The van der Waals surface area contributed by atoms with Gasteiger partial charge in [0.15, 0.2) is 8.32 Å². The summed E-state index contributed by atoms with van der Waals surface area (Å²) in [5, 5.41) is 0.0932. The second kappa shape index (κ2) is 7.24. The van der Waals surface area contributed by atoms with Gasteiger partial charge in [-0.15, -0.1) is 0 Å². The van der Waals surface area contributed by atoms with Gasteiger partial charge in [-0.1, -0.05) is 51.1 Å². The molecule has 0 unspecified atom stereocenters. The Bertz CT molecular complexity index is 788. The third kappa shape index (κ3) is 3.89. The van der Waals surface area contributed by atoms with Crippen LogP contribution in [0.3, 0.4) is 0 Å². The Labute approximate surface area is 174 Å². The second-order valence-corrected chi connectivity index (χ2v) is 15.2. The van der Waals surface area contributed by atoms with Crippen LogP contribution in [0.5, 0.6) is 0 Å². The van der Waals surface area contributed by atoms with Crippen LogP contribution >= 0.6 is 0 Å². The van der Waals surface area contributed by atoms with Crippen molar-refractivity contribution in [1.82, 2.24) is 4.90 Å². The highest BCUT2D eigenvalue weighted by Crippen LogP contribution is 2.57. The zero-order chi connectivity index (χ0) is 21.0. The van der Waals surface area contributed by atoms with Gasteiger partial charge in [0.1, 0.15) is 6.61 Å². The molecule has 1 heterocycles. The molecule has 3 aliphatic rings. The summed E-state index contributed by atoms with van der Waals surface area (Å²) in [5.74, 6) is 0.732. The standard InChI is InChI=1S/C23H33NO4Si/c1-23(2,3)29(4,5)28-20-18-12-16(18)13-19(20)21(25)24-17(14-27-22(24)26)11-15-9-7-6-8-10-15/h6-10,16-20H,11-14H2,1-5H3/t16-,17-,18+,19+,20-/m1/s1. The highest BCUT2D eigenvalue weighted by molar-refractivity contribution is 6.74. The van der Waals surface area contributed by atoms with Crippen LogP contribution in [0.25, 0.3) is 0 Å². The highest BCUT2D eigenvalue weighted by Gasteiger charge is 2.60. The number of fused-ring (bicyclic) bond motifs is 1. The zero-order valence-electron chi connectivity index (χ0n) is 18.2. The molecule has 0 bridgehead atoms. The van der Waals surface area contributed by atoms with E-state index in [-0.39, 0.29) is 35.6 Å². The summed E-state index contributed by atoms with van der Waals surface area (Å²) < 4.78 is 12.0. The van der Waals surface area contributed by atoms with Crippen LogP contribution in [0.4, 0.5) is 4.79 Å². The SMILES string of the molecule is CC(C)(C)[Si](C)(C)O[C@@H]1[C@H]2C[C@@H]2C[C@@H]1C(=O)N1C(=O)OC[C@H]1Cc1ccccc1. The molecule has 2 aliphatic carbocycles. The first-order chi connectivity index (χ1) is 13.6. The Balaban J connectivity index is 1.52. The molecule has 0 N–H and O–H groups in total. The molecule has 0 radical (unpaired) electrons. The number of amides is 2. The van der Waals surface area contributed by atoms with E-state index in [2.05, 4.69) is 33.9 Å². The number of hydrogen-bond donors (Lipinski definition) is 0. The Morgan fingerprint density at radius 3 is 2.55 bits per heavy atom. The first-order valence-electron chi connectivity index (χ1n) is 10.8. The average molecular weight is 416 g/mol. The molecule has 1 aliphatic heterocycles. The summed E-state index contributed by atoms with van der Waals surface area (Å²) in [6.45, 7) is 11.4. The fourth-order valence-corrected chi connectivity index (χ4v) is 5.95. The summed E-state index contributed by atoms with van der Waals surface area (Å²) >= 11 is 0. The van der Waals surface area contributed by atoms with E-state index < -0.39 is 14.4 Å². The largest absolute Gasteiger partial charge is 0.447 e. The van der Waals surface area contributed by atoms with E-state index in [1.54, 1.807) is 0 Å². The number of carbonyl (C=O) groups excluding carboxylic acids is 2. The molecule has 2 saturated carbocycles. The summed E-state index contributed by atoms with van der Waals surface area (Å²) in [4.78, 5) is 27.4. The van der Waals surface area contributed by atoms with Crippen molar-refractivity contribution in [3.8, 4) is 0 Å². The smallest absolute Gasteiger partial charge is 0.416 e. The van der Waals surface area contributed by atoms with Gasteiger partial charge in [0.25, 0.3) is 0 Å². The quantitative estimate of drug-likeness (QED) is 0.658. The molecule has 6 heteroatoms. The van der Waals surface area contributed by atoms with Crippen molar-refractivity contribution in [2.75, 3.05) is 6.61 Å². The molecule has 0 spiro atoms. The van der Waals surface area contributed by atoms with Crippen LogP contribution in [-0.4, -0.2) is 44.0 Å². The minimum atomic E-state index is -1.99. The van der Waals surface area contributed by atoms with Crippen molar-refractivity contribution >= 4 is 20.3 Å². The molecule has 158 valence electrons. The van der Waals surface area contributed by atoms with Crippen LogP contribution in [0.2, 0.25) is 18.1 Å². The topological polar surface area (TPSA) is 55.8 Å². The minimum Gasteiger partial charge on any atom is -0.447 e. The van der Waals surface area contributed by atoms with Crippen LogP contribution < -0.4 is 0 Å². The lowest BCUT2D eigenvalue weighted by Gasteiger charge is -2.40. The number of nitrogens with zero attached hydrogens (tertiary/aromatic N) is 1. The van der Waals surface area contributed by atoms with Gasteiger partial charge in [0, 0.05) is 0 Å². The van der Waals surface area contributed by atoms with Crippen molar-refractivity contribution in [1.29, 1.82) is 0 Å². The van der Waals surface area contributed by atoms with E-state index in [1.807, 2.05) is 30.3 Å². The number of benzene rings is 1. The fraction of sp³-hybridized carbons (Fsp3) is 0.652. The van der Waals surface area contributed by atoms with E-state index in [0.717, 1.165) is 18.4 Å². The van der Waals surface area contributed by atoms with Crippen molar-refractivity contribution in [3.05, 3.63) is 35.9 Å². The minimum absolute atomic E-state index is 0.0563. The second-order valence-electron chi connectivity index (χ2n) is 10.5. The molecule has 0 aromatic heterocycles. The predicted octanol–water partition coefficient (Wildman–Crippen LogP) is 4.62. The zero-order valence-corrected chi connectivity index (χ0v) is 19.2. The number of carbonyl (C=O) groups is 2. The molecule has 1 aromatic rings. The third-order valence-electron chi connectivity index (χ3n) is 7.42. The Hall–Kier alpha value is -1.66. The van der Waals surface area contributed by atoms with E-state index in [1.165, 1.54) is 4.90 Å². The number of rotatable bonds is 5. The van der Waals surface area contributed by atoms with Gasteiger partial charge in [-0.05, 0) is 54.8 Å². The molecule has 2 amide bonds. The molecule has 1 saturated heterocycles. The predicted molar refractivity (Wildman–Crippen MR) is 114 cm³/mol. The molecule has 5 atom stereocenters. The van der Waals surface area contributed by atoms with Crippen molar-refractivity contribution in [2.24, 2.45) is 17.8 Å². The Kier molecular flexibility index (Phi) is 5.14. The maximum Gasteiger partial charge on any atom is 0.416 e. The van der Waals surface area contributed by atoms with Gasteiger partial charge in [-0.3, -0.25) is 4.79 Å². The normalized spacial score (nSPS) is 31.6. The van der Waals surface area contributed by atoms with Crippen molar-refractivity contribution in [2.45, 2.75) is 70.3 Å². The fourth-order valence-electron chi connectivity index (χ4n) is 4.58. The summed E-state index contributed by atoms with van der Waals surface area (Å²) in [6.07, 6.45) is 2.07. The van der Waals surface area contributed by atoms with Gasteiger partial charge < -0.3 is 9.16 Å². The molecule has 1 aromatic carbocycles. The summed E-state index contributed by atoms with van der Waals surface area (Å²) in [5.41, 5.74) is 1.11. The first kappa shape index (κ1) is 20.6. The lowest BCUT2D eigenvalue weighted by Crippen LogP contribution is -2.50. The van der Waals surface area contributed by atoms with Crippen LogP contribution in [0, 0.1) is 17.8 Å². The van der Waals surface area contributed by atoms with Gasteiger partial charge in [-0.25, -0.2) is 9.69 Å².